The van der Waals surface area contributed by atoms with Crippen molar-refractivity contribution in [2.45, 2.75) is 77.5 Å². The molecule has 2 aliphatic heterocycles. The molecule has 0 radical (unpaired) electrons. The molecular weight excluding hydrogens is 526 g/mol. The fourth-order valence-electron chi connectivity index (χ4n) is 5.79. The van der Waals surface area contributed by atoms with E-state index in [4.69, 9.17) is 14.5 Å². The van der Waals surface area contributed by atoms with Crippen LogP contribution in [0.1, 0.15) is 63.0 Å². The second-order valence-electron chi connectivity index (χ2n) is 12.8. The first kappa shape index (κ1) is 27.9. The molecule has 0 fully saturated rings. The van der Waals surface area contributed by atoms with E-state index in [0.29, 0.717) is 34.6 Å². The molecule has 40 heavy (non-hydrogen) atoms. The van der Waals surface area contributed by atoms with Gasteiger partial charge < -0.3 is 24.5 Å². The van der Waals surface area contributed by atoms with E-state index < -0.39 is 31.5 Å². The van der Waals surface area contributed by atoms with Crippen LogP contribution < -0.4 is 10.9 Å². The van der Waals surface area contributed by atoms with Gasteiger partial charge in [0.05, 0.1) is 29.0 Å². The molecule has 3 aromatic rings. The van der Waals surface area contributed by atoms with Crippen LogP contribution in [0.25, 0.3) is 22.3 Å². The highest BCUT2D eigenvalue weighted by atomic mass is 28.3. The number of cyclic esters (lactones) is 1. The highest BCUT2D eigenvalue weighted by Gasteiger charge is 2.56. The highest BCUT2D eigenvalue weighted by Crippen LogP contribution is 2.47. The smallest absolute Gasteiger partial charge is 0.408 e. The summed E-state index contributed by atoms with van der Waals surface area (Å²) in [4.78, 5) is 45.6. The number of aromatic nitrogens is 2. The Morgan fingerprint density at radius 1 is 1.25 bits per heavy atom. The van der Waals surface area contributed by atoms with Crippen molar-refractivity contribution in [1.82, 2.24) is 14.9 Å². The summed E-state index contributed by atoms with van der Waals surface area (Å²) in [6.45, 7) is 12.9. The van der Waals surface area contributed by atoms with Crippen LogP contribution in [0, 0.1) is 5.41 Å². The number of alkyl carbamates (subject to hydrolysis) is 1. The number of carbonyl (C=O) groups excluding carboxylic acids is 2. The second-order valence-corrected chi connectivity index (χ2v) is 17.8. The monoisotopic (exact) mass is 563 g/mol. The van der Waals surface area contributed by atoms with E-state index in [1.165, 1.54) is 7.05 Å². The van der Waals surface area contributed by atoms with E-state index in [1.807, 2.05) is 6.07 Å². The fraction of sp³-hybridized carbons (Fsp3) is 0.467. The number of phenolic OH excluding ortho intramolecular Hbond substituents is 1. The first-order valence-electron chi connectivity index (χ1n) is 13.7. The van der Waals surface area contributed by atoms with Crippen molar-refractivity contribution in [1.29, 1.82) is 0 Å². The van der Waals surface area contributed by atoms with E-state index in [0.717, 1.165) is 23.4 Å². The first-order valence-corrected chi connectivity index (χ1v) is 17.0. The third-order valence-corrected chi connectivity index (χ3v) is 11.6. The number of fused-ring (bicyclic) bond motifs is 5. The predicted molar refractivity (Wildman–Crippen MR) is 155 cm³/mol. The number of esters is 1. The van der Waals surface area contributed by atoms with Crippen molar-refractivity contribution in [2.24, 2.45) is 5.41 Å². The summed E-state index contributed by atoms with van der Waals surface area (Å²) in [6.07, 6.45) is 0.241. The standard InChI is InChI=1S/C30H37N3O6Si/c1-8-30(39-28(37)31-5)20-15-22-24-18(13-17-14-19(34)9-10-21(17)32-24)16-33(22)25(35)23(20)26(38-27(30)36)40(6,7)12-11-29(2,3)4/h9-10,13-15,26,34H,8,11-12,16H2,1-7H3,(H,31,37). The molecule has 0 saturated heterocycles. The van der Waals surface area contributed by atoms with Crippen LogP contribution in [0.3, 0.4) is 0 Å². The highest BCUT2D eigenvalue weighted by molar-refractivity contribution is 6.78. The van der Waals surface area contributed by atoms with E-state index in [-0.39, 0.29) is 23.1 Å². The van der Waals surface area contributed by atoms with Gasteiger partial charge in [-0.15, -0.1) is 0 Å². The Bertz CT molecular complexity index is 1610. The molecule has 1 amide bonds. The molecule has 0 aliphatic carbocycles. The number of phenols is 1. The zero-order valence-electron chi connectivity index (χ0n) is 24.2. The van der Waals surface area contributed by atoms with Crippen LogP contribution in [0.4, 0.5) is 4.79 Å². The van der Waals surface area contributed by atoms with Gasteiger partial charge in [-0.2, -0.15) is 0 Å². The average molecular weight is 564 g/mol. The van der Waals surface area contributed by atoms with Crippen LogP contribution in [0.15, 0.2) is 35.1 Å². The van der Waals surface area contributed by atoms with Crippen molar-refractivity contribution in [2.75, 3.05) is 7.05 Å². The number of nitrogens with zero attached hydrogens (tertiary/aromatic N) is 2. The topological polar surface area (TPSA) is 120 Å². The van der Waals surface area contributed by atoms with Gasteiger partial charge in [0.1, 0.15) is 19.6 Å². The Hall–Kier alpha value is -3.66. The number of carbonyl (C=O) groups is 2. The summed E-state index contributed by atoms with van der Waals surface area (Å²) in [6, 6.07) is 9.52. The molecule has 2 N–H and O–H groups in total. The molecule has 0 bridgehead atoms. The summed E-state index contributed by atoms with van der Waals surface area (Å²) >= 11 is 0. The minimum absolute atomic E-state index is 0.0814. The van der Waals surface area contributed by atoms with Crippen molar-refractivity contribution in [3.05, 3.63) is 57.4 Å². The fourth-order valence-corrected chi connectivity index (χ4v) is 8.93. The Labute approximate surface area is 234 Å². The number of rotatable bonds is 5. The SMILES string of the molecule is CCC1(OC(=O)NC)C(=O)OC([Si](C)(C)CCC(C)(C)C)c2c1cc1n(c2=O)Cc2cc3cc(O)ccc3nc2-1. The summed E-state index contributed by atoms with van der Waals surface area (Å²) in [5, 5.41) is 13.2. The number of aromatic hydroxyl groups is 1. The number of hydrogen-bond donors (Lipinski definition) is 2. The number of pyridine rings is 2. The van der Waals surface area contributed by atoms with E-state index in [9.17, 15) is 19.5 Å². The number of hydrogen-bond acceptors (Lipinski definition) is 7. The minimum atomic E-state index is -2.37. The van der Waals surface area contributed by atoms with E-state index >= 15 is 0 Å². The molecule has 2 unspecified atom stereocenters. The largest absolute Gasteiger partial charge is 0.508 e. The maximum atomic E-state index is 14.4. The van der Waals surface area contributed by atoms with Crippen molar-refractivity contribution in [3.8, 4) is 17.1 Å². The zero-order chi connectivity index (χ0) is 29.2. The van der Waals surface area contributed by atoms with Crippen LogP contribution in [0.2, 0.25) is 19.1 Å². The van der Waals surface area contributed by atoms with Crippen molar-refractivity contribution < 1.29 is 24.2 Å². The van der Waals surface area contributed by atoms with Gasteiger partial charge in [0, 0.05) is 23.6 Å². The second kappa shape index (κ2) is 9.47. The third kappa shape index (κ3) is 4.48. The molecule has 1 aromatic carbocycles. The van der Waals surface area contributed by atoms with Gasteiger partial charge in [-0.1, -0.05) is 53.3 Å². The molecule has 4 heterocycles. The number of ether oxygens (including phenoxy) is 2. The average Bonchev–Trinajstić information content (AvgIpc) is 3.25. The molecule has 2 aliphatic rings. The summed E-state index contributed by atoms with van der Waals surface area (Å²) in [5.41, 5.74) is 0.845. The minimum Gasteiger partial charge on any atom is -0.508 e. The molecule has 2 atom stereocenters. The molecule has 212 valence electrons. The van der Waals surface area contributed by atoms with Gasteiger partial charge in [0.25, 0.3) is 5.56 Å². The van der Waals surface area contributed by atoms with Crippen molar-refractivity contribution >= 4 is 31.0 Å². The molecule has 0 saturated carbocycles. The van der Waals surface area contributed by atoms with Crippen LogP contribution in [0.5, 0.6) is 5.75 Å². The van der Waals surface area contributed by atoms with E-state index in [2.05, 4.69) is 39.2 Å². The predicted octanol–water partition coefficient (Wildman–Crippen LogP) is 5.37. The lowest BCUT2D eigenvalue weighted by Gasteiger charge is -2.43. The Morgan fingerprint density at radius 2 is 1.98 bits per heavy atom. The molecule has 0 spiro atoms. The normalized spacial score (nSPS) is 20.0. The van der Waals surface area contributed by atoms with E-state index in [1.54, 1.807) is 35.8 Å². The van der Waals surface area contributed by atoms with Gasteiger partial charge in [0.2, 0.25) is 5.60 Å². The van der Waals surface area contributed by atoms with Crippen LogP contribution in [-0.2, 0) is 26.4 Å². The molecule has 5 rings (SSSR count). The lowest BCUT2D eigenvalue weighted by atomic mass is 9.85. The molecule has 9 nitrogen and oxygen atoms in total. The maximum Gasteiger partial charge on any atom is 0.408 e. The van der Waals surface area contributed by atoms with Crippen molar-refractivity contribution in [3.63, 3.8) is 0 Å². The molecule has 10 heteroatoms. The number of amides is 1. The lowest BCUT2D eigenvalue weighted by molar-refractivity contribution is -0.174. The van der Waals surface area contributed by atoms with Gasteiger partial charge >= 0.3 is 12.1 Å². The van der Waals surface area contributed by atoms with Gasteiger partial charge in [-0.25, -0.2) is 14.6 Å². The maximum absolute atomic E-state index is 14.4. The van der Waals surface area contributed by atoms with Gasteiger partial charge in [-0.05, 0) is 42.2 Å². The Kier molecular flexibility index (Phi) is 6.60. The summed E-state index contributed by atoms with van der Waals surface area (Å²) in [5.74, 6) is -0.519. The van der Waals surface area contributed by atoms with Gasteiger partial charge in [0.15, 0.2) is 0 Å². The number of nitrogens with one attached hydrogen (secondary N) is 1. The zero-order valence-corrected chi connectivity index (χ0v) is 25.2. The summed E-state index contributed by atoms with van der Waals surface area (Å²) < 4.78 is 13.6. The van der Waals surface area contributed by atoms with Crippen LogP contribution >= 0.6 is 0 Å². The quantitative estimate of drug-likeness (QED) is 0.247. The summed E-state index contributed by atoms with van der Waals surface area (Å²) in [7, 11) is -0.951. The Balaban J connectivity index is 1.76. The molecular formula is C30H37N3O6Si. The third-order valence-electron chi connectivity index (χ3n) is 8.24. The lowest BCUT2D eigenvalue weighted by Crippen LogP contribution is -2.54. The van der Waals surface area contributed by atoms with Crippen LogP contribution in [-0.4, -0.2) is 41.8 Å². The van der Waals surface area contributed by atoms with Gasteiger partial charge in [-0.3, -0.25) is 4.79 Å². The first-order chi connectivity index (χ1) is 18.7. The Morgan fingerprint density at radius 3 is 2.62 bits per heavy atom. The molecule has 2 aromatic heterocycles. The number of benzene rings is 1.